The van der Waals surface area contributed by atoms with Gasteiger partial charge in [0, 0.05) is 21.9 Å². The van der Waals surface area contributed by atoms with Gasteiger partial charge in [0.1, 0.15) is 23.7 Å². The van der Waals surface area contributed by atoms with E-state index in [4.69, 9.17) is 16.3 Å². The SMILES string of the molecule is COC(=O)c1ccc(Br)c(SNc2cc(C#N)c(Cl)cc2[N+]23CCCCC2S3)c1. The largest absolute Gasteiger partial charge is 0.465 e. The molecule has 0 amide bonds. The number of ether oxygens (including phenoxy) is 1. The molecule has 150 valence electrons. The van der Waals surface area contributed by atoms with Crippen molar-refractivity contribution in [1.29, 1.82) is 5.26 Å². The fourth-order valence-electron chi connectivity index (χ4n) is 3.63. The zero-order chi connectivity index (χ0) is 20.6. The third kappa shape index (κ3) is 3.99. The number of methoxy groups -OCH3 is 1. The minimum absolute atomic E-state index is 0.381. The van der Waals surface area contributed by atoms with Crippen LogP contribution in [0.3, 0.4) is 0 Å². The van der Waals surface area contributed by atoms with E-state index < -0.39 is 0 Å². The molecule has 4 rings (SSSR count). The lowest BCUT2D eigenvalue weighted by atomic mass is 10.1. The molecule has 2 aliphatic heterocycles. The fourth-order valence-corrected chi connectivity index (χ4v) is 6.53. The van der Waals surface area contributed by atoms with Crippen LogP contribution < -0.4 is 8.61 Å². The number of hydrogen-bond donors (Lipinski definition) is 1. The number of quaternary nitrogens is 1. The number of carbonyl (C=O) groups is 1. The first-order chi connectivity index (χ1) is 14.0. The van der Waals surface area contributed by atoms with Crippen molar-refractivity contribution in [2.24, 2.45) is 0 Å². The standard InChI is InChI=1S/C20H18BrClN3O2S2/c1-27-20(26)12-5-6-14(21)18(9-12)28-24-16-8-13(11-23)15(22)10-17(16)25-7-3-2-4-19(25)29-25/h5-6,8-10,19,24H,2-4,7H2,1H3/q+1. The van der Waals surface area contributed by atoms with Gasteiger partial charge in [-0.15, -0.1) is 0 Å². The van der Waals surface area contributed by atoms with E-state index in [1.165, 1.54) is 38.3 Å². The van der Waals surface area contributed by atoms with Gasteiger partial charge in [-0.25, -0.2) is 8.68 Å². The first-order valence-electron chi connectivity index (χ1n) is 9.09. The van der Waals surface area contributed by atoms with Crippen LogP contribution in [-0.2, 0) is 4.74 Å². The van der Waals surface area contributed by atoms with E-state index in [-0.39, 0.29) is 5.97 Å². The summed E-state index contributed by atoms with van der Waals surface area (Å²) in [6.45, 7) is 1.07. The van der Waals surface area contributed by atoms with Gasteiger partial charge < -0.3 is 9.46 Å². The maximum atomic E-state index is 11.9. The van der Waals surface area contributed by atoms with Crippen molar-refractivity contribution in [2.75, 3.05) is 18.4 Å². The number of halogens is 2. The predicted octanol–water partition coefficient (Wildman–Crippen LogP) is 6.36. The van der Waals surface area contributed by atoms with Gasteiger partial charge in [0.15, 0.2) is 5.69 Å². The van der Waals surface area contributed by atoms with Crippen LogP contribution in [0.2, 0.25) is 5.02 Å². The molecule has 2 saturated heterocycles. The molecule has 0 saturated carbocycles. The summed E-state index contributed by atoms with van der Waals surface area (Å²) in [5.74, 6) is -0.381. The zero-order valence-corrected chi connectivity index (χ0v) is 19.6. The molecule has 1 N–H and O–H groups in total. The quantitative estimate of drug-likeness (QED) is 0.218. The molecule has 5 nitrogen and oxygen atoms in total. The van der Waals surface area contributed by atoms with Gasteiger partial charge in [-0.05, 0) is 65.0 Å². The highest BCUT2D eigenvalue weighted by atomic mass is 79.9. The normalized spacial score (nSPS) is 22.3. The molecule has 0 spiro atoms. The second-order valence-corrected chi connectivity index (χ2v) is 10.4. The van der Waals surface area contributed by atoms with E-state index in [9.17, 15) is 10.1 Å². The smallest absolute Gasteiger partial charge is 0.337 e. The van der Waals surface area contributed by atoms with Crippen molar-refractivity contribution in [3.05, 3.63) is 51.0 Å². The first kappa shape index (κ1) is 20.9. The molecule has 2 atom stereocenters. The van der Waals surface area contributed by atoms with Crippen molar-refractivity contribution in [2.45, 2.75) is 29.5 Å². The number of hydrogen-bond acceptors (Lipinski definition) is 6. The molecule has 0 aromatic heterocycles. The van der Waals surface area contributed by atoms with Crippen molar-refractivity contribution in [3.8, 4) is 6.07 Å². The number of nitrogens with zero attached hydrogens (tertiary/aromatic N) is 2. The topological polar surface area (TPSA) is 62.1 Å². The number of carbonyl (C=O) groups excluding carboxylic acids is 1. The Morgan fingerprint density at radius 1 is 1.41 bits per heavy atom. The van der Waals surface area contributed by atoms with Gasteiger partial charge in [-0.3, -0.25) is 0 Å². The van der Waals surface area contributed by atoms with E-state index in [1.807, 2.05) is 30.1 Å². The second kappa shape index (κ2) is 8.40. The summed E-state index contributed by atoms with van der Waals surface area (Å²) in [5.41, 5.74) is 2.91. The molecule has 0 aliphatic carbocycles. The van der Waals surface area contributed by atoms with E-state index >= 15 is 0 Å². The zero-order valence-electron chi connectivity index (χ0n) is 15.6. The van der Waals surface area contributed by atoms with E-state index in [0.29, 0.717) is 21.5 Å². The summed E-state index contributed by atoms with van der Waals surface area (Å²) >= 11 is 13.2. The van der Waals surface area contributed by atoms with Crippen molar-refractivity contribution < 1.29 is 9.53 Å². The Bertz CT molecular complexity index is 1030. The highest BCUT2D eigenvalue weighted by Gasteiger charge is 2.62. The van der Waals surface area contributed by atoms with Crippen LogP contribution in [0, 0.1) is 11.3 Å². The number of fused-ring (bicyclic) bond motifs is 1. The van der Waals surface area contributed by atoms with E-state index in [2.05, 4.69) is 26.7 Å². The molecule has 2 unspecified atom stereocenters. The molecule has 9 heteroatoms. The number of benzene rings is 2. The Kier molecular flexibility index (Phi) is 6.05. The van der Waals surface area contributed by atoms with Crippen LogP contribution in [0.15, 0.2) is 39.7 Å². The number of nitriles is 1. The summed E-state index contributed by atoms with van der Waals surface area (Å²) < 4.78 is 9.94. The maximum absolute atomic E-state index is 11.9. The number of rotatable bonds is 5. The monoisotopic (exact) mass is 510 g/mol. The Hall–Kier alpha value is -1.37. The Labute approximate surface area is 191 Å². The second-order valence-electron chi connectivity index (χ2n) is 6.88. The lowest BCUT2D eigenvalue weighted by molar-refractivity contribution is 0.0600. The molecule has 2 heterocycles. The Balaban J connectivity index is 1.66. The highest BCUT2D eigenvalue weighted by molar-refractivity contribution is 9.10. The number of piperidine rings is 1. The van der Waals surface area contributed by atoms with Crippen molar-refractivity contribution >= 4 is 68.8 Å². The van der Waals surface area contributed by atoms with Gasteiger partial charge in [0.25, 0.3) is 0 Å². The highest BCUT2D eigenvalue weighted by Crippen LogP contribution is 2.61. The van der Waals surface area contributed by atoms with Crippen molar-refractivity contribution in [1.82, 2.24) is 3.89 Å². The summed E-state index contributed by atoms with van der Waals surface area (Å²) in [6, 6.07) is 11.2. The number of esters is 1. The van der Waals surface area contributed by atoms with Gasteiger partial charge in [-0.1, -0.05) is 11.6 Å². The maximum Gasteiger partial charge on any atom is 0.337 e. The Morgan fingerprint density at radius 2 is 2.24 bits per heavy atom. The van der Waals surface area contributed by atoms with Crippen LogP contribution in [-0.4, -0.2) is 25.0 Å². The van der Waals surface area contributed by atoms with Crippen molar-refractivity contribution in [3.63, 3.8) is 0 Å². The minimum atomic E-state index is -0.381. The Morgan fingerprint density at radius 3 is 2.97 bits per heavy atom. The fraction of sp³-hybridized carbons (Fsp3) is 0.300. The number of nitrogens with one attached hydrogen (secondary N) is 1. The lowest BCUT2D eigenvalue weighted by Crippen LogP contribution is -2.33. The molecule has 0 bridgehead atoms. The third-order valence-corrected chi connectivity index (χ3v) is 8.94. The van der Waals surface area contributed by atoms with Crippen LogP contribution in [0.4, 0.5) is 11.4 Å². The summed E-state index contributed by atoms with van der Waals surface area (Å²) in [7, 11) is 1.37. The molecule has 2 aromatic rings. The van der Waals surface area contributed by atoms with Crippen LogP contribution in [0.5, 0.6) is 0 Å². The van der Waals surface area contributed by atoms with Gasteiger partial charge in [0.05, 0.1) is 29.8 Å². The van der Waals surface area contributed by atoms with Crippen LogP contribution in [0.25, 0.3) is 0 Å². The van der Waals surface area contributed by atoms with Crippen LogP contribution >= 0.6 is 51.4 Å². The lowest BCUT2D eigenvalue weighted by Gasteiger charge is -2.23. The average Bonchev–Trinajstić information content (AvgIpc) is 3.49. The third-order valence-electron chi connectivity index (χ3n) is 5.16. The number of anilines is 1. The van der Waals surface area contributed by atoms with Crippen LogP contribution in [0.1, 0.15) is 35.2 Å². The first-order valence-corrected chi connectivity index (χ1v) is 11.9. The molecule has 0 radical (unpaired) electrons. The predicted molar refractivity (Wildman–Crippen MR) is 123 cm³/mol. The van der Waals surface area contributed by atoms with E-state index in [1.54, 1.807) is 12.1 Å². The molecule has 2 fully saturated rings. The summed E-state index contributed by atoms with van der Waals surface area (Å²) in [5, 5.41) is 10.5. The molecule has 29 heavy (non-hydrogen) atoms. The van der Waals surface area contributed by atoms with Gasteiger partial charge in [0.2, 0.25) is 5.37 Å². The molecule has 2 aromatic carbocycles. The van der Waals surface area contributed by atoms with Gasteiger partial charge in [-0.2, -0.15) is 5.26 Å². The minimum Gasteiger partial charge on any atom is -0.465 e. The van der Waals surface area contributed by atoms with E-state index in [0.717, 1.165) is 31.2 Å². The average molecular weight is 512 g/mol. The molecular weight excluding hydrogens is 494 g/mol. The summed E-state index contributed by atoms with van der Waals surface area (Å²) in [6.07, 6.45) is 3.63. The molecule has 2 aliphatic rings. The van der Waals surface area contributed by atoms with Gasteiger partial charge >= 0.3 is 5.97 Å². The summed E-state index contributed by atoms with van der Waals surface area (Å²) in [4.78, 5) is 12.7. The molecular formula is C20H18BrClN3O2S2+.